The number of carbonyl (C=O) groups excluding carboxylic acids is 1. The van der Waals surface area contributed by atoms with E-state index in [0.29, 0.717) is 35.8 Å². The summed E-state index contributed by atoms with van der Waals surface area (Å²) >= 11 is 0. The Kier molecular flexibility index (Phi) is 5.99. The second kappa shape index (κ2) is 8.61. The van der Waals surface area contributed by atoms with Crippen molar-refractivity contribution in [3.63, 3.8) is 0 Å². The van der Waals surface area contributed by atoms with Gasteiger partial charge in [-0.3, -0.25) is 0 Å². The Morgan fingerprint density at radius 1 is 0.964 bits per heavy atom. The van der Waals surface area contributed by atoms with E-state index in [1.165, 1.54) is 0 Å². The smallest absolute Gasteiger partial charge is 0.363 e. The molecule has 1 aliphatic rings. The standard InChI is InChI=1S/C22H23NO5/c1-14-11-20(27-4)16(13-19(14)26-3)12-18-22(24)28-21(23-18)10-7-15-5-8-17(25-2)9-6-15/h5-6,8-9,11-13H,7,10H2,1-4H3/b18-12+. The van der Waals surface area contributed by atoms with Gasteiger partial charge in [-0.15, -0.1) is 0 Å². The first-order chi connectivity index (χ1) is 13.5. The van der Waals surface area contributed by atoms with Crippen molar-refractivity contribution < 1.29 is 23.7 Å². The quantitative estimate of drug-likeness (QED) is 0.537. The molecule has 146 valence electrons. The van der Waals surface area contributed by atoms with Gasteiger partial charge < -0.3 is 18.9 Å². The lowest BCUT2D eigenvalue weighted by molar-refractivity contribution is -0.130. The summed E-state index contributed by atoms with van der Waals surface area (Å²) < 4.78 is 21.2. The highest BCUT2D eigenvalue weighted by atomic mass is 16.6. The van der Waals surface area contributed by atoms with Gasteiger partial charge in [-0.1, -0.05) is 12.1 Å². The number of benzene rings is 2. The number of ether oxygens (including phenoxy) is 4. The molecule has 2 aromatic carbocycles. The van der Waals surface area contributed by atoms with Gasteiger partial charge in [0.1, 0.15) is 17.2 Å². The number of rotatable bonds is 7. The Bertz CT molecular complexity index is 929. The van der Waals surface area contributed by atoms with Crippen LogP contribution < -0.4 is 14.2 Å². The van der Waals surface area contributed by atoms with E-state index in [-0.39, 0.29) is 5.70 Å². The van der Waals surface area contributed by atoms with Crippen LogP contribution in [-0.4, -0.2) is 33.2 Å². The third kappa shape index (κ3) is 4.34. The molecule has 3 rings (SSSR count). The fourth-order valence-corrected chi connectivity index (χ4v) is 2.94. The molecule has 0 amide bonds. The van der Waals surface area contributed by atoms with Gasteiger partial charge in [-0.2, -0.15) is 0 Å². The minimum Gasteiger partial charge on any atom is -0.497 e. The minimum atomic E-state index is -0.466. The molecule has 0 saturated carbocycles. The summed E-state index contributed by atoms with van der Waals surface area (Å²) in [5, 5.41) is 0. The van der Waals surface area contributed by atoms with Crippen LogP contribution in [0.1, 0.15) is 23.1 Å². The van der Waals surface area contributed by atoms with Crippen LogP contribution in [0.4, 0.5) is 0 Å². The normalized spacial score (nSPS) is 14.6. The van der Waals surface area contributed by atoms with Crippen LogP contribution >= 0.6 is 0 Å². The average molecular weight is 381 g/mol. The molecule has 0 fully saturated rings. The summed E-state index contributed by atoms with van der Waals surface area (Å²) in [5.41, 5.74) is 3.01. The fraction of sp³-hybridized carbons (Fsp3) is 0.273. The van der Waals surface area contributed by atoms with E-state index in [1.807, 2.05) is 43.3 Å². The van der Waals surface area contributed by atoms with Gasteiger partial charge in [0.25, 0.3) is 0 Å². The molecule has 28 heavy (non-hydrogen) atoms. The Hall–Kier alpha value is -3.28. The Morgan fingerprint density at radius 2 is 1.68 bits per heavy atom. The summed E-state index contributed by atoms with van der Waals surface area (Å²) in [6.07, 6.45) is 2.90. The second-order valence-electron chi connectivity index (χ2n) is 6.34. The lowest BCUT2D eigenvalue weighted by Gasteiger charge is -2.10. The third-order valence-corrected chi connectivity index (χ3v) is 4.49. The van der Waals surface area contributed by atoms with Crippen LogP contribution in [0, 0.1) is 6.92 Å². The van der Waals surface area contributed by atoms with E-state index in [0.717, 1.165) is 16.9 Å². The molecule has 6 nitrogen and oxygen atoms in total. The van der Waals surface area contributed by atoms with Gasteiger partial charge in [0, 0.05) is 12.0 Å². The zero-order valence-electron chi connectivity index (χ0n) is 16.4. The molecule has 0 atom stereocenters. The molecule has 0 aliphatic carbocycles. The van der Waals surface area contributed by atoms with Crippen molar-refractivity contribution in [1.29, 1.82) is 0 Å². The lowest BCUT2D eigenvalue weighted by atomic mass is 10.1. The summed E-state index contributed by atoms with van der Waals surface area (Å²) in [4.78, 5) is 16.6. The maximum absolute atomic E-state index is 12.2. The number of methoxy groups -OCH3 is 3. The summed E-state index contributed by atoms with van der Waals surface area (Å²) in [5.74, 6) is 2.10. The third-order valence-electron chi connectivity index (χ3n) is 4.49. The van der Waals surface area contributed by atoms with Gasteiger partial charge in [-0.25, -0.2) is 9.79 Å². The Labute approximate surface area is 164 Å². The monoisotopic (exact) mass is 381 g/mol. The predicted octanol–water partition coefficient (Wildman–Crippen LogP) is 3.95. The molecular weight excluding hydrogens is 358 g/mol. The molecule has 0 bridgehead atoms. The average Bonchev–Trinajstić information content (AvgIpc) is 3.07. The highest BCUT2D eigenvalue weighted by Crippen LogP contribution is 2.31. The van der Waals surface area contributed by atoms with E-state index in [4.69, 9.17) is 18.9 Å². The maximum Gasteiger partial charge on any atom is 0.363 e. The molecule has 0 radical (unpaired) electrons. The van der Waals surface area contributed by atoms with Crippen molar-refractivity contribution in [3.05, 3.63) is 58.8 Å². The SMILES string of the molecule is COc1ccc(CCC2=N/C(=C/c3cc(OC)c(C)cc3OC)C(=O)O2)cc1. The van der Waals surface area contributed by atoms with E-state index in [2.05, 4.69) is 4.99 Å². The van der Waals surface area contributed by atoms with Crippen LogP contribution in [0.5, 0.6) is 17.2 Å². The van der Waals surface area contributed by atoms with Crippen LogP contribution in [0.15, 0.2) is 47.1 Å². The highest BCUT2D eigenvalue weighted by Gasteiger charge is 2.23. The van der Waals surface area contributed by atoms with E-state index in [9.17, 15) is 4.79 Å². The number of hydrogen-bond acceptors (Lipinski definition) is 6. The van der Waals surface area contributed by atoms with Crippen molar-refractivity contribution >= 4 is 17.9 Å². The topological polar surface area (TPSA) is 66.3 Å². The number of hydrogen-bond donors (Lipinski definition) is 0. The molecule has 0 spiro atoms. The van der Waals surface area contributed by atoms with Gasteiger partial charge in [0.2, 0.25) is 0 Å². The minimum absolute atomic E-state index is 0.244. The number of aryl methyl sites for hydroxylation is 2. The molecule has 1 heterocycles. The van der Waals surface area contributed by atoms with Gasteiger partial charge in [0.05, 0.1) is 21.3 Å². The Balaban J connectivity index is 1.77. The number of esters is 1. The van der Waals surface area contributed by atoms with Crippen LogP contribution in [-0.2, 0) is 16.0 Å². The number of aliphatic imine (C=N–C) groups is 1. The van der Waals surface area contributed by atoms with Crippen molar-refractivity contribution in [2.75, 3.05) is 21.3 Å². The van der Waals surface area contributed by atoms with Gasteiger partial charge >= 0.3 is 5.97 Å². The fourth-order valence-electron chi connectivity index (χ4n) is 2.94. The van der Waals surface area contributed by atoms with Crippen molar-refractivity contribution in [3.8, 4) is 17.2 Å². The van der Waals surface area contributed by atoms with E-state index < -0.39 is 5.97 Å². The first kappa shape index (κ1) is 19.5. The van der Waals surface area contributed by atoms with Crippen LogP contribution in [0.25, 0.3) is 6.08 Å². The summed E-state index contributed by atoms with van der Waals surface area (Å²) in [6.45, 7) is 1.93. The zero-order valence-corrected chi connectivity index (χ0v) is 16.4. The first-order valence-corrected chi connectivity index (χ1v) is 8.91. The maximum atomic E-state index is 12.2. The molecule has 0 N–H and O–H groups in total. The van der Waals surface area contributed by atoms with Crippen LogP contribution in [0.2, 0.25) is 0 Å². The number of nitrogens with zero attached hydrogens (tertiary/aromatic N) is 1. The summed E-state index contributed by atoms with van der Waals surface area (Å²) in [7, 11) is 4.82. The Morgan fingerprint density at radius 3 is 2.32 bits per heavy atom. The van der Waals surface area contributed by atoms with Gasteiger partial charge in [0.15, 0.2) is 11.6 Å². The number of cyclic esters (lactones) is 1. The molecule has 2 aromatic rings. The molecule has 0 saturated heterocycles. The highest BCUT2D eigenvalue weighted by molar-refractivity contribution is 6.07. The predicted molar refractivity (Wildman–Crippen MR) is 107 cm³/mol. The molecule has 1 aliphatic heterocycles. The van der Waals surface area contributed by atoms with E-state index in [1.54, 1.807) is 27.4 Å². The molecule has 6 heteroatoms. The van der Waals surface area contributed by atoms with Gasteiger partial charge in [-0.05, 0) is 54.8 Å². The molecular formula is C22H23NO5. The summed E-state index contributed by atoms with van der Waals surface area (Å²) in [6, 6.07) is 11.5. The first-order valence-electron chi connectivity index (χ1n) is 8.91. The molecule has 0 aromatic heterocycles. The lowest BCUT2D eigenvalue weighted by Crippen LogP contribution is -2.05. The molecule has 0 unspecified atom stereocenters. The van der Waals surface area contributed by atoms with E-state index >= 15 is 0 Å². The van der Waals surface area contributed by atoms with Crippen LogP contribution in [0.3, 0.4) is 0 Å². The second-order valence-corrected chi connectivity index (χ2v) is 6.34. The largest absolute Gasteiger partial charge is 0.497 e. The number of carbonyl (C=O) groups is 1. The van der Waals surface area contributed by atoms with Crippen molar-refractivity contribution in [2.45, 2.75) is 19.8 Å². The van der Waals surface area contributed by atoms with Crippen molar-refractivity contribution in [2.24, 2.45) is 4.99 Å². The zero-order chi connectivity index (χ0) is 20.1. The van der Waals surface area contributed by atoms with Crippen molar-refractivity contribution in [1.82, 2.24) is 0 Å².